The molecule has 1 saturated heterocycles. The lowest BCUT2D eigenvalue weighted by Crippen LogP contribution is -2.52. The lowest BCUT2D eigenvalue weighted by atomic mass is 10.2. The monoisotopic (exact) mass is 309 g/mol. The molecular formula is C12H23NO4S2. The van der Waals surface area contributed by atoms with Gasteiger partial charge in [-0.15, -0.1) is 0 Å². The van der Waals surface area contributed by atoms with Gasteiger partial charge in [0.1, 0.15) is 5.37 Å². The predicted molar refractivity (Wildman–Crippen MR) is 78.0 cm³/mol. The van der Waals surface area contributed by atoms with Crippen LogP contribution < -0.4 is 0 Å². The molecule has 0 aliphatic carbocycles. The second kappa shape index (κ2) is 7.50. The average Bonchev–Trinajstić information content (AvgIpc) is 2.39. The number of rotatable bonds is 6. The van der Waals surface area contributed by atoms with E-state index in [9.17, 15) is 13.2 Å². The van der Waals surface area contributed by atoms with Crippen molar-refractivity contribution in [2.45, 2.75) is 38.6 Å². The summed E-state index contributed by atoms with van der Waals surface area (Å²) in [4.78, 5) is 13.5. The summed E-state index contributed by atoms with van der Waals surface area (Å²) in [5.74, 6) is 1.37. The molecule has 1 aliphatic heterocycles. The molecule has 0 N–H and O–H groups in total. The maximum atomic E-state index is 12.1. The van der Waals surface area contributed by atoms with Gasteiger partial charge >= 0.3 is 5.97 Å². The summed E-state index contributed by atoms with van der Waals surface area (Å²) in [7, 11) is -3.11. The minimum Gasteiger partial charge on any atom is -0.466 e. The standard InChI is InChI=1S/C12H23NO4S2/c1-4-17-12(14)8-10(3)13-6-7-18-9-11(13)19(15,16)5-2/h10-11H,4-9H2,1-3H3. The van der Waals surface area contributed by atoms with Crippen LogP contribution in [0.5, 0.6) is 0 Å². The number of hydrogen-bond donors (Lipinski definition) is 0. The zero-order chi connectivity index (χ0) is 14.5. The van der Waals surface area contributed by atoms with E-state index < -0.39 is 15.2 Å². The molecule has 0 spiro atoms. The van der Waals surface area contributed by atoms with E-state index in [4.69, 9.17) is 4.74 Å². The topological polar surface area (TPSA) is 63.7 Å². The number of nitrogens with zero attached hydrogens (tertiary/aromatic N) is 1. The predicted octanol–water partition coefficient (Wildman–Crippen LogP) is 1.14. The van der Waals surface area contributed by atoms with E-state index in [2.05, 4.69) is 0 Å². The Balaban J connectivity index is 2.74. The fraction of sp³-hybridized carbons (Fsp3) is 0.917. The summed E-state index contributed by atoms with van der Waals surface area (Å²) >= 11 is 1.66. The summed E-state index contributed by atoms with van der Waals surface area (Å²) in [6.45, 7) is 6.39. The highest BCUT2D eigenvalue weighted by Gasteiger charge is 2.35. The maximum absolute atomic E-state index is 12.1. The molecule has 2 unspecified atom stereocenters. The first-order valence-corrected chi connectivity index (χ1v) is 9.50. The van der Waals surface area contributed by atoms with Gasteiger partial charge in [0, 0.05) is 29.8 Å². The van der Waals surface area contributed by atoms with Crippen LogP contribution in [-0.4, -0.2) is 61.1 Å². The Hall–Kier alpha value is -0.270. The molecule has 1 rings (SSSR count). The summed E-state index contributed by atoms with van der Waals surface area (Å²) in [5.41, 5.74) is 0. The molecule has 0 aromatic carbocycles. The van der Waals surface area contributed by atoms with Gasteiger partial charge in [-0.05, 0) is 13.8 Å². The molecule has 19 heavy (non-hydrogen) atoms. The van der Waals surface area contributed by atoms with E-state index in [-0.39, 0.29) is 24.2 Å². The molecule has 0 amide bonds. The van der Waals surface area contributed by atoms with Crippen molar-refractivity contribution < 1.29 is 17.9 Å². The molecule has 0 aromatic heterocycles. The lowest BCUT2D eigenvalue weighted by Gasteiger charge is -2.38. The molecule has 0 bridgehead atoms. The zero-order valence-corrected chi connectivity index (χ0v) is 13.4. The lowest BCUT2D eigenvalue weighted by molar-refractivity contribution is -0.144. The SMILES string of the molecule is CCOC(=O)CC(C)N1CCSCC1S(=O)(=O)CC. The van der Waals surface area contributed by atoms with Gasteiger partial charge < -0.3 is 4.74 Å². The normalized spacial score (nSPS) is 23.0. The molecular weight excluding hydrogens is 286 g/mol. The van der Waals surface area contributed by atoms with Crippen LogP contribution in [0.2, 0.25) is 0 Å². The van der Waals surface area contributed by atoms with Crippen LogP contribution in [-0.2, 0) is 19.4 Å². The largest absolute Gasteiger partial charge is 0.466 e. The number of sulfone groups is 1. The molecule has 1 fully saturated rings. The Morgan fingerprint density at radius 2 is 2.16 bits per heavy atom. The minimum absolute atomic E-state index is 0.105. The molecule has 0 saturated carbocycles. The van der Waals surface area contributed by atoms with Crippen molar-refractivity contribution in [3.05, 3.63) is 0 Å². The third-order valence-electron chi connectivity index (χ3n) is 3.27. The fourth-order valence-electron chi connectivity index (χ4n) is 2.18. The van der Waals surface area contributed by atoms with Gasteiger partial charge in [-0.25, -0.2) is 8.42 Å². The molecule has 1 heterocycles. The first-order chi connectivity index (χ1) is 8.92. The van der Waals surface area contributed by atoms with Gasteiger partial charge in [0.05, 0.1) is 13.0 Å². The van der Waals surface area contributed by atoms with Crippen molar-refractivity contribution >= 4 is 27.6 Å². The molecule has 112 valence electrons. The van der Waals surface area contributed by atoms with Gasteiger partial charge in [-0.2, -0.15) is 11.8 Å². The van der Waals surface area contributed by atoms with Gasteiger partial charge in [-0.3, -0.25) is 9.69 Å². The van der Waals surface area contributed by atoms with Crippen molar-refractivity contribution in [3.8, 4) is 0 Å². The first kappa shape index (κ1) is 16.8. The number of ether oxygens (including phenoxy) is 1. The van der Waals surface area contributed by atoms with Crippen LogP contribution >= 0.6 is 11.8 Å². The minimum atomic E-state index is -3.11. The second-order valence-electron chi connectivity index (χ2n) is 4.58. The van der Waals surface area contributed by atoms with Crippen LogP contribution in [0.4, 0.5) is 0 Å². The molecule has 0 radical (unpaired) electrons. The maximum Gasteiger partial charge on any atom is 0.307 e. The van der Waals surface area contributed by atoms with Crippen LogP contribution in [0.25, 0.3) is 0 Å². The van der Waals surface area contributed by atoms with E-state index >= 15 is 0 Å². The van der Waals surface area contributed by atoms with Crippen LogP contribution in [0, 0.1) is 0 Å². The summed E-state index contributed by atoms with van der Waals surface area (Å²) < 4.78 is 29.1. The van der Waals surface area contributed by atoms with Gasteiger partial charge in [0.25, 0.3) is 0 Å². The first-order valence-electron chi connectivity index (χ1n) is 6.63. The zero-order valence-electron chi connectivity index (χ0n) is 11.8. The van der Waals surface area contributed by atoms with Gasteiger partial charge in [0.15, 0.2) is 9.84 Å². The van der Waals surface area contributed by atoms with Crippen LogP contribution in [0.1, 0.15) is 27.2 Å². The smallest absolute Gasteiger partial charge is 0.307 e. The number of esters is 1. The van der Waals surface area contributed by atoms with Crippen molar-refractivity contribution in [1.82, 2.24) is 4.90 Å². The van der Waals surface area contributed by atoms with Crippen molar-refractivity contribution in [1.29, 1.82) is 0 Å². The highest BCUT2D eigenvalue weighted by atomic mass is 32.2. The Morgan fingerprint density at radius 3 is 2.74 bits per heavy atom. The third kappa shape index (κ3) is 4.65. The summed E-state index contributed by atoms with van der Waals surface area (Å²) in [5, 5.41) is -0.472. The van der Waals surface area contributed by atoms with Crippen molar-refractivity contribution in [2.75, 3.05) is 30.4 Å². The number of carbonyl (C=O) groups excluding carboxylic acids is 1. The van der Waals surface area contributed by atoms with E-state index in [1.54, 1.807) is 25.6 Å². The van der Waals surface area contributed by atoms with E-state index in [0.29, 0.717) is 18.9 Å². The second-order valence-corrected chi connectivity index (χ2v) is 8.17. The Labute approximate surface area is 120 Å². The summed E-state index contributed by atoms with van der Waals surface area (Å²) in [6.07, 6.45) is 0.244. The van der Waals surface area contributed by atoms with Gasteiger partial charge in [-0.1, -0.05) is 6.92 Å². The van der Waals surface area contributed by atoms with Crippen molar-refractivity contribution in [3.63, 3.8) is 0 Å². The van der Waals surface area contributed by atoms with Crippen LogP contribution in [0.3, 0.4) is 0 Å². The molecule has 7 heteroatoms. The highest BCUT2D eigenvalue weighted by molar-refractivity contribution is 8.01. The molecule has 5 nitrogen and oxygen atoms in total. The molecule has 1 aliphatic rings. The Kier molecular flexibility index (Phi) is 6.62. The van der Waals surface area contributed by atoms with E-state index in [1.807, 2.05) is 11.8 Å². The van der Waals surface area contributed by atoms with Crippen LogP contribution in [0.15, 0.2) is 0 Å². The number of hydrogen-bond acceptors (Lipinski definition) is 6. The average molecular weight is 309 g/mol. The quantitative estimate of drug-likeness (QED) is 0.686. The fourth-order valence-corrected chi connectivity index (χ4v) is 5.31. The molecule has 0 aromatic rings. The summed E-state index contributed by atoms with van der Waals surface area (Å²) in [6, 6.07) is -0.105. The Morgan fingerprint density at radius 1 is 1.47 bits per heavy atom. The third-order valence-corrected chi connectivity index (χ3v) is 6.58. The molecule has 2 atom stereocenters. The number of thioether (sulfide) groups is 1. The highest BCUT2D eigenvalue weighted by Crippen LogP contribution is 2.24. The van der Waals surface area contributed by atoms with Gasteiger partial charge in [0.2, 0.25) is 0 Å². The van der Waals surface area contributed by atoms with Crippen molar-refractivity contribution in [2.24, 2.45) is 0 Å². The number of carbonyl (C=O) groups is 1. The Bertz CT molecular complexity index is 397. The van der Waals surface area contributed by atoms with E-state index in [1.165, 1.54) is 0 Å². The van der Waals surface area contributed by atoms with E-state index in [0.717, 1.165) is 5.75 Å².